The first kappa shape index (κ1) is 19.5. The lowest BCUT2D eigenvalue weighted by molar-refractivity contribution is -0.116. The molecule has 134 valence electrons. The third-order valence-corrected chi connectivity index (χ3v) is 5.62. The number of nitrogens with one attached hydrogen (secondary N) is 1. The summed E-state index contributed by atoms with van der Waals surface area (Å²) in [5, 5.41) is 3.04. The molecule has 0 saturated heterocycles. The Morgan fingerprint density at radius 3 is 2.46 bits per heavy atom. The molecule has 1 unspecified atom stereocenters. The molecule has 24 heavy (non-hydrogen) atoms. The van der Waals surface area contributed by atoms with Gasteiger partial charge in [0.1, 0.15) is 0 Å². The van der Waals surface area contributed by atoms with Crippen molar-refractivity contribution in [3.8, 4) is 0 Å². The number of carbonyl (C=O) groups excluding carboxylic acids is 1. The molecule has 1 aliphatic carbocycles. The average Bonchev–Trinajstić information content (AvgIpc) is 2.55. The summed E-state index contributed by atoms with van der Waals surface area (Å²) >= 11 is 3.76. The number of amides is 1. The van der Waals surface area contributed by atoms with Crippen LogP contribution in [-0.4, -0.2) is 10.7 Å². The van der Waals surface area contributed by atoms with E-state index >= 15 is 0 Å². The molecule has 0 aliphatic heterocycles. The molecule has 0 spiro atoms. The van der Waals surface area contributed by atoms with Gasteiger partial charge in [0.2, 0.25) is 5.91 Å². The van der Waals surface area contributed by atoms with E-state index < -0.39 is 0 Å². The van der Waals surface area contributed by atoms with Crippen LogP contribution < -0.4 is 5.32 Å². The van der Waals surface area contributed by atoms with Gasteiger partial charge in [-0.25, -0.2) is 0 Å². The molecule has 0 bridgehead atoms. The lowest BCUT2D eigenvalue weighted by Crippen LogP contribution is -2.15. The third kappa shape index (κ3) is 7.38. The van der Waals surface area contributed by atoms with E-state index in [1.54, 1.807) is 0 Å². The smallest absolute Gasteiger partial charge is 0.224 e. The maximum Gasteiger partial charge on any atom is 0.224 e. The molecular weight excluding hydrogens is 362 g/mol. The van der Waals surface area contributed by atoms with Gasteiger partial charge in [0.25, 0.3) is 0 Å². The second-order valence-corrected chi connectivity index (χ2v) is 9.01. The molecule has 3 heteroatoms. The number of rotatable bonds is 8. The highest BCUT2D eigenvalue weighted by Crippen LogP contribution is 2.27. The summed E-state index contributed by atoms with van der Waals surface area (Å²) < 4.78 is 0. The minimum atomic E-state index is 0.159. The highest BCUT2D eigenvalue weighted by atomic mass is 79.9. The van der Waals surface area contributed by atoms with Crippen molar-refractivity contribution in [1.82, 2.24) is 0 Å². The standard InChI is InChI=1S/C21H32BrNO/c1-16(2)14-19(22)15-18-8-11-20(12-9-18)23-21(24)13-10-17-6-4-3-5-7-17/h8-9,11-12,16-17,19H,3-7,10,13-15H2,1-2H3,(H,23,24). The van der Waals surface area contributed by atoms with Crippen molar-refractivity contribution in [2.45, 2.75) is 76.5 Å². The Kier molecular flexibility index (Phi) is 8.31. The topological polar surface area (TPSA) is 29.1 Å². The molecule has 2 rings (SSSR count). The van der Waals surface area contributed by atoms with E-state index in [1.165, 1.54) is 44.1 Å². The van der Waals surface area contributed by atoms with Crippen LogP contribution in [0.15, 0.2) is 24.3 Å². The van der Waals surface area contributed by atoms with Gasteiger partial charge in [-0.3, -0.25) is 4.79 Å². The lowest BCUT2D eigenvalue weighted by atomic mass is 9.86. The molecule has 1 saturated carbocycles. The summed E-state index contributed by atoms with van der Waals surface area (Å²) in [7, 11) is 0. The average molecular weight is 394 g/mol. The highest BCUT2D eigenvalue weighted by molar-refractivity contribution is 9.09. The number of hydrogen-bond donors (Lipinski definition) is 1. The zero-order chi connectivity index (χ0) is 17.4. The van der Waals surface area contributed by atoms with Crippen LogP contribution in [0.5, 0.6) is 0 Å². The van der Waals surface area contributed by atoms with E-state index in [4.69, 9.17) is 0 Å². The largest absolute Gasteiger partial charge is 0.326 e. The van der Waals surface area contributed by atoms with E-state index in [-0.39, 0.29) is 5.91 Å². The van der Waals surface area contributed by atoms with Gasteiger partial charge in [-0.2, -0.15) is 0 Å². The van der Waals surface area contributed by atoms with Gasteiger partial charge < -0.3 is 5.32 Å². The summed E-state index contributed by atoms with van der Waals surface area (Å²) in [6, 6.07) is 8.32. The minimum Gasteiger partial charge on any atom is -0.326 e. The summed E-state index contributed by atoms with van der Waals surface area (Å²) in [5.41, 5.74) is 2.24. The van der Waals surface area contributed by atoms with Gasteiger partial charge in [-0.05, 0) is 48.8 Å². The highest BCUT2D eigenvalue weighted by Gasteiger charge is 2.15. The van der Waals surface area contributed by atoms with E-state index in [0.717, 1.165) is 24.4 Å². The van der Waals surface area contributed by atoms with E-state index in [2.05, 4.69) is 47.2 Å². The van der Waals surface area contributed by atoms with Crippen molar-refractivity contribution in [3.63, 3.8) is 0 Å². The van der Waals surface area contributed by atoms with Crippen molar-refractivity contribution in [2.24, 2.45) is 11.8 Å². The van der Waals surface area contributed by atoms with Gasteiger partial charge in [-0.15, -0.1) is 0 Å². The molecular formula is C21H32BrNO. The van der Waals surface area contributed by atoms with Crippen molar-refractivity contribution in [2.75, 3.05) is 5.32 Å². The third-order valence-electron chi connectivity index (χ3n) is 4.93. The normalized spacial score (nSPS) is 17.0. The first-order valence-corrected chi connectivity index (χ1v) is 10.5. The van der Waals surface area contributed by atoms with Crippen LogP contribution >= 0.6 is 15.9 Å². The second kappa shape index (κ2) is 10.2. The fourth-order valence-corrected chi connectivity index (χ4v) is 4.73. The van der Waals surface area contributed by atoms with Crippen LogP contribution in [-0.2, 0) is 11.2 Å². The Morgan fingerprint density at radius 2 is 1.83 bits per heavy atom. The maximum absolute atomic E-state index is 12.1. The van der Waals surface area contributed by atoms with Gasteiger partial charge in [-0.1, -0.05) is 74.0 Å². The van der Waals surface area contributed by atoms with E-state index in [1.807, 2.05) is 12.1 Å². The minimum absolute atomic E-state index is 0.159. The number of hydrogen-bond acceptors (Lipinski definition) is 1. The predicted molar refractivity (Wildman–Crippen MR) is 107 cm³/mol. The zero-order valence-corrected chi connectivity index (χ0v) is 16.8. The summed E-state index contributed by atoms with van der Waals surface area (Å²) in [5.74, 6) is 1.63. The number of anilines is 1. The van der Waals surface area contributed by atoms with Gasteiger partial charge >= 0.3 is 0 Å². The van der Waals surface area contributed by atoms with Gasteiger partial charge in [0.15, 0.2) is 0 Å². The Balaban J connectivity index is 1.73. The van der Waals surface area contributed by atoms with Crippen molar-refractivity contribution >= 4 is 27.5 Å². The van der Waals surface area contributed by atoms with E-state index in [9.17, 15) is 4.79 Å². The lowest BCUT2D eigenvalue weighted by Gasteiger charge is -2.21. The van der Waals surface area contributed by atoms with Gasteiger partial charge in [0.05, 0.1) is 0 Å². The fraction of sp³-hybridized carbons (Fsp3) is 0.667. The molecule has 2 nitrogen and oxygen atoms in total. The van der Waals surface area contributed by atoms with Crippen LogP contribution in [0.2, 0.25) is 0 Å². The van der Waals surface area contributed by atoms with Crippen LogP contribution in [0.25, 0.3) is 0 Å². The van der Waals surface area contributed by atoms with Crippen LogP contribution in [0, 0.1) is 11.8 Å². The Labute approximate surface area is 155 Å². The van der Waals surface area contributed by atoms with Crippen molar-refractivity contribution in [1.29, 1.82) is 0 Å². The molecule has 0 aromatic heterocycles. The van der Waals surface area contributed by atoms with Crippen molar-refractivity contribution < 1.29 is 4.79 Å². The molecule has 0 radical (unpaired) electrons. The molecule has 1 fully saturated rings. The number of carbonyl (C=O) groups is 1. The monoisotopic (exact) mass is 393 g/mol. The second-order valence-electron chi connectivity index (χ2n) is 7.72. The molecule has 1 atom stereocenters. The molecule has 1 N–H and O–H groups in total. The fourth-order valence-electron chi connectivity index (χ4n) is 3.61. The maximum atomic E-state index is 12.1. The molecule has 1 aliphatic rings. The van der Waals surface area contributed by atoms with Crippen LogP contribution in [0.1, 0.15) is 70.8 Å². The van der Waals surface area contributed by atoms with Crippen LogP contribution in [0.3, 0.4) is 0 Å². The zero-order valence-electron chi connectivity index (χ0n) is 15.2. The van der Waals surface area contributed by atoms with Gasteiger partial charge in [0, 0.05) is 16.9 Å². The Morgan fingerprint density at radius 1 is 1.17 bits per heavy atom. The summed E-state index contributed by atoms with van der Waals surface area (Å²) in [6.07, 6.45) is 10.6. The Hall–Kier alpha value is -0.830. The summed E-state index contributed by atoms with van der Waals surface area (Å²) in [4.78, 5) is 12.6. The molecule has 1 amide bonds. The first-order valence-electron chi connectivity index (χ1n) is 9.56. The Bertz CT molecular complexity index is 491. The van der Waals surface area contributed by atoms with Crippen molar-refractivity contribution in [3.05, 3.63) is 29.8 Å². The summed E-state index contributed by atoms with van der Waals surface area (Å²) in [6.45, 7) is 4.50. The first-order chi connectivity index (χ1) is 11.5. The predicted octanol–water partition coefficient (Wildman–Crippen LogP) is 6.34. The molecule has 0 heterocycles. The number of halogens is 1. The van der Waals surface area contributed by atoms with E-state index in [0.29, 0.717) is 17.2 Å². The quantitative estimate of drug-likeness (QED) is 0.512. The number of alkyl halides is 1. The number of benzene rings is 1. The SMILES string of the molecule is CC(C)CC(Br)Cc1ccc(NC(=O)CCC2CCCCC2)cc1. The van der Waals surface area contributed by atoms with Crippen LogP contribution in [0.4, 0.5) is 5.69 Å². The molecule has 1 aromatic rings. The molecule has 1 aromatic carbocycles.